The molecule has 0 atom stereocenters. The highest BCUT2D eigenvalue weighted by molar-refractivity contribution is 9.10. The van der Waals surface area contributed by atoms with Gasteiger partial charge < -0.3 is 15.7 Å². The van der Waals surface area contributed by atoms with Gasteiger partial charge in [-0.05, 0) is 35.8 Å². The molecule has 1 rings (SSSR count). The SMILES string of the molecule is CC(C)(CC(=O)O)NC(=O)Nc1c(F)cc(F)cc1Br. The number of anilines is 1. The standard InChI is InChI=1S/C12H13BrF2N2O3/c1-12(2,5-9(18)19)17-11(20)16-10-7(13)3-6(14)4-8(10)15/h3-4H,5H2,1-2H3,(H,18,19)(H2,16,17,20). The summed E-state index contributed by atoms with van der Waals surface area (Å²) >= 11 is 2.93. The molecule has 8 heteroatoms. The van der Waals surface area contributed by atoms with Gasteiger partial charge in [0.25, 0.3) is 0 Å². The van der Waals surface area contributed by atoms with Gasteiger partial charge in [0.1, 0.15) is 5.82 Å². The first kappa shape index (κ1) is 16.4. The summed E-state index contributed by atoms with van der Waals surface area (Å²) in [4.78, 5) is 22.3. The van der Waals surface area contributed by atoms with E-state index in [1.165, 1.54) is 13.8 Å². The molecule has 20 heavy (non-hydrogen) atoms. The zero-order valence-corrected chi connectivity index (χ0v) is 12.3. The molecule has 0 heterocycles. The minimum atomic E-state index is -1.08. The van der Waals surface area contributed by atoms with Crippen LogP contribution in [0.3, 0.4) is 0 Å². The Bertz CT molecular complexity index is 526. The molecule has 0 aliphatic rings. The Hall–Kier alpha value is -1.70. The van der Waals surface area contributed by atoms with Crippen LogP contribution in [0.25, 0.3) is 0 Å². The van der Waals surface area contributed by atoms with Crippen molar-refractivity contribution in [3.8, 4) is 0 Å². The lowest BCUT2D eigenvalue weighted by molar-refractivity contribution is -0.138. The lowest BCUT2D eigenvalue weighted by atomic mass is 10.0. The van der Waals surface area contributed by atoms with E-state index in [2.05, 4.69) is 26.6 Å². The van der Waals surface area contributed by atoms with E-state index in [1.807, 2.05) is 0 Å². The lowest BCUT2D eigenvalue weighted by Gasteiger charge is -2.24. The highest BCUT2D eigenvalue weighted by Gasteiger charge is 2.24. The van der Waals surface area contributed by atoms with Crippen molar-refractivity contribution in [2.24, 2.45) is 0 Å². The number of hydrogen-bond acceptors (Lipinski definition) is 2. The van der Waals surface area contributed by atoms with Gasteiger partial charge in [0.15, 0.2) is 5.82 Å². The van der Waals surface area contributed by atoms with E-state index in [1.54, 1.807) is 0 Å². The third-order valence-corrected chi connectivity index (χ3v) is 2.92. The number of amides is 2. The van der Waals surface area contributed by atoms with E-state index < -0.39 is 29.2 Å². The number of halogens is 3. The van der Waals surface area contributed by atoms with Crippen molar-refractivity contribution in [3.05, 3.63) is 28.2 Å². The van der Waals surface area contributed by atoms with Crippen molar-refractivity contribution in [2.45, 2.75) is 25.8 Å². The Morgan fingerprint density at radius 3 is 2.45 bits per heavy atom. The molecular weight excluding hydrogens is 338 g/mol. The van der Waals surface area contributed by atoms with Crippen LogP contribution in [0.15, 0.2) is 16.6 Å². The molecule has 0 saturated heterocycles. The first-order valence-corrected chi connectivity index (χ1v) is 6.35. The van der Waals surface area contributed by atoms with E-state index in [4.69, 9.17) is 5.11 Å². The maximum Gasteiger partial charge on any atom is 0.319 e. The summed E-state index contributed by atoms with van der Waals surface area (Å²) in [5.74, 6) is -2.81. The van der Waals surface area contributed by atoms with E-state index in [9.17, 15) is 18.4 Å². The maximum absolute atomic E-state index is 13.5. The Morgan fingerprint density at radius 1 is 1.35 bits per heavy atom. The Labute approximate surface area is 122 Å². The number of urea groups is 1. The molecule has 0 aromatic heterocycles. The Morgan fingerprint density at radius 2 is 1.95 bits per heavy atom. The molecule has 0 unspecified atom stereocenters. The van der Waals surface area contributed by atoms with Gasteiger partial charge in [-0.1, -0.05) is 0 Å². The zero-order chi connectivity index (χ0) is 15.5. The van der Waals surface area contributed by atoms with Crippen molar-refractivity contribution in [1.29, 1.82) is 0 Å². The molecule has 1 aromatic carbocycles. The number of carbonyl (C=O) groups excluding carboxylic acids is 1. The number of carboxylic acid groups (broad SMARTS) is 1. The molecule has 1 aromatic rings. The van der Waals surface area contributed by atoms with E-state index in [0.717, 1.165) is 6.07 Å². The molecule has 110 valence electrons. The zero-order valence-electron chi connectivity index (χ0n) is 10.8. The molecule has 5 nitrogen and oxygen atoms in total. The molecule has 0 aliphatic heterocycles. The molecule has 0 spiro atoms. The molecule has 3 N–H and O–H groups in total. The van der Waals surface area contributed by atoms with E-state index in [0.29, 0.717) is 6.07 Å². The van der Waals surface area contributed by atoms with Crippen LogP contribution >= 0.6 is 15.9 Å². The first-order chi connectivity index (χ1) is 9.10. The second kappa shape index (κ2) is 6.17. The van der Waals surface area contributed by atoms with Gasteiger partial charge in [0, 0.05) is 16.1 Å². The summed E-state index contributed by atoms with van der Waals surface area (Å²) < 4.78 is 26.4. The quantitative estimate of drug-likeness (QED) is 0.780. The molecular formula is C12H13BrF2N2O3. The fraction of sp³-hybridized carbons (Fsp3) is 0.333. The molecule has 0 bridgehead atoms. The number of benzene rings is 1. The highest BCUT2D eigenvalue weighted by Crippen LogP contribution is 2.26. The van der Waals surface area contributed by atoms with Gasteiger partial charge in [0.2, 0.25) is 0 Å². The van der Waals surface area contributed by atoms with Crippen molar-refractivity contribution < 1.29 is 23.5 Å². The third kappa shape index (κ3) is 4.76. The topological polar surface area (TPSA) is 78.4 Å². The minimum Gasteiger partial charge on any atom is -0.481 e. The van der Waals surface area contributed by atoms with Gasteiger partial charge in [-0.3, -0.25) is 4.79 Å². The van der Waals surface area contributed by atoms with Gasteiger partial charge in [-0.25, -0.2) is 13.6 Å². The van der Waals surface area contributed by atoms with Crippen LogP contribution in [0.5, 0.6) is 0 Å². The van der Waals surface area contributed by atoms with E-state index in [-0.39, 0.29) is 16.6 Å². The summed E-state index contributed by atoms with van der Waals surface area (Å²) in [6, 6.07) is 0.839. The number of rotatable bonds is 4. The van der Waals surface area contributed by atoms with Crippen LogP contribution in [-0.2, 0) is 4.79 Å². The highest BCUT2D eigenvalue weighted by atomic mass is 79.9. The predicted molar refractivity (Wildman–Crippen MR) is 72.5 cm³/mol. The fourth-order valence-corrected chi connectivity index (χ4v) is 2.04. The number of hydrogen-bond donors (Lipinski definition) is 3. The van der Waals surface area contributed by atoms with Crippen LogP contribution in [0, 0.1) is 11.6 Å². The number of carbonyl (C=O) groups is 2. The number of aliphatic carboxylic acids is 1. The normalized spacial score (nSPS) is 11.1. The van der Waals surface area contributed by atoms with Crippen molar-refractivity contribution in [3.63, 3.8) is 0 Å². The van der Waals surface area contributed by atoms with Gasteiger partial charge >= 0.3 is 12.0 Å². The van der Waals surface area contributed by atoms with Crippen LogP contribution in [-0.4, -0.2) is 22.6 Å². The Balaban J connectivity index is 2.79. The third-order valence-electron chi connectivity index (χ3n) is 2.29. The van der Waals surface area contributed by atoms with Gasteiger partial charge in [-0.15, -0.1) is 0 Å². The van der Waals surface area contributed by atoms with Crippen LogP contribution in [0.4, 0.5) is 19.3 Å². The summed E-state index contributed by atoms with van der Waals surface area (Å²) in [7, 11) is 0. The second-order valence-electron chi connectivity index (χ2n) is 4.78. The molecule has 0 fully saturated rings. The summed E-state index contributed by atoms with van der Waals surface area (Å²) in [6.45, 7) is 3.02. The average molecular weight is 351 g/mol. The molecule has 0 saturated carbocycles. The molecule has 0 aliphatic carbocycles. The predicted octanol–water partition coefficient (Wildman–Crippen LogP) is 3.10. The van der Waals surface area contributed by atoms with Gasteiger partial charge in [0.05, 0.1) is 12.1 Å². The summed E-state index contributed by atoms with van der Waals surface area (Å²) in [5, 5.41) is 13.3. The fourth-order valence-electron chi connectivity index (χ4n) is 1.54. The average Bonchev–Trinajstić information content (AvgIpc) is 2.20. The van der Waals surface area contributed by atoms with Crippen molar-refractivity contribution in [1.82, 2.24) is 5.32 Å². The first-order valence-electron chi connectivity index (χ1n) is 5.56. The van der Waals surface area contributed by atoms with Crippen molar-refractivity contribution >= 4 is 33.6 Å². The number of nitrogens with one attached hydrogen (secondary N) is 2. The molecule has 0 radical (unpaired) electrons. The van der Waals surface area contributed by atoms with Crippen LogP contribution in [0.1, 0.15) is 20.3 Å². The summed E-state index contributed by atoms with van der Waals surface area (Å²) in [5.41, 5.74) is -1.24. The molecule has 2 amide bonds. The smallest absolute Gasteiger partial charge is 0.319 e. The van der Waals surface area contributed by atoms with E-state index >= 15 is 0 Å². The Kier molecular flexibility index (Phi) is 5.04. The minimum absolute atomic E-state index is 0.0428. The lowest BCUT2D eigenvalue weighted by Crippen LogP contribution is -2.47. The second-order valence-corrected chi connectivity index (χ2v) is 5.63. The number of carboxylic acids is 1. The largest absolute Gasteiger partial charge is 0.481 e. The summed E-state index contributed by atoms with van der Waals surface area (Å²) in [6.07, 6.45) is -0.298. The van der Waals surface area contributed by atoms with Gasteiger partial charge in [-0.2, -0.15) is 0 Å². The van der Waals surface area contributed by atoms with Crippen LogP contribution in [0.2, 0.25) is 0 Å². The van der Waals surface area contributed by atoms with Crippen LogP contribution < -0.4 is 10.6 Å². The van der Waals surface area contributed by atoms with Crippen molar-refractivity contribution in [2.75, 3.05) is 5.32 Å². The monoisotopic (exact) mass is 350 g/mol. The maximum atomic E-state index is 13.5.